The maximum atomic E-state index is 10.7. The Morgan fingerprint density at radius 2 is 2.07 bits per heavy atom. The van der Waals surface area contributed by atoms with Crippen LogP contribution in [0.1, 0.15) is 19.8 Å². The fourth-order valence-electron chi connectivity index (χ4n) is 0.820. The molecule has 0 heterocycles. The van der Waals surface area contributed by atoms with Crippen LogP contribution in [0.15, 0.2) is 27.9 Å². The first-order chi connectivity index (χ1) is 6.93. The smallest absolute Gasteiger partial charge is 0.271 e. The Labute approximate surface area is 98.4 Å². The first-order valence-corrected chi connectivity index (χ1v) is 5.01. The van der Waals surface area contributed by atoms with Gasteiger partial charge in [-0.2, -0.15) is 0 Å². The highest BCUT2D eigenvalue weighted by molar-refractivity contribution is 6.69. The van der Waals surface area contributed by atoms with Crippen LogP contribution in [0, 0.1) is 10.1 Å². The van der Waals surface area contributed by atoms with Crippen LogP contribution in [-0.2, 0) is 0 Å². The first-order valence-electron chi connectivity index (χ1n) is 4.26. The molecule has 0 fully saturated rings. The van der Waals surface area contributed by atoms with Crippen molar-refractivity contribution in [1.82, 2.24) is 0 Å². The molecule has 0 aromatic heterocycles. The van der Waals surface area contributed by atoms with Gasteiger partial charge in [-0.05, 0) is 6.42 Å². The van der Waals surface area contributed by atoms with Gasteiger partial charge < -0.3 is 0 Å². The molecule has 0 unspecified atom stereocenters. The summed E-state index contributed by atoms with van der Waals surface area (Å²) in [5.74, 6) is 0. The maximum absolute atomic E-state index is 10.7. The molecule has 0 saturated carbocycles. The number of nitrogens with zero attached hydrogens (tertiary/aromatic N) is 2. The van der Waals surface area contributed by atoms with Crippen molar-refractivity contribution in [2.45, 2.75) is 19.8 Å². The van der Waals surface area contributed by atoms with Crippen LogP contribution in [0.5, 0.6) is 0 Å². The highest BCUT2D eigenvalue weighted by Crippen LogP contribution is 2.22. The second kappa shape index (κ2) is 6.58. The molecule has 0 aliphatic rings. The third-order valence-electron chi connectivity index (χ3n) is 1.74. The van der Waals surface area contributed by atoms with Crippen molar-refractivity contribution in [1.29, 1.82) is 0 Å². The predicted octanol–water partition coefficient (Wildman–Crippen LogP) is 3.34. The summed E-state index contributed by atoms with van der Waals surface area (Å²) in [6.07, 6.45) is 0.961. The van der Waals surface area contributed by atoms with Crippen molar-refractivity contribution in [3.8, 4) is 0 Å². The lowest BCUT2D eigenvalue weighted by atomic mass is 10.1. The Kier molecular flexibility index (Phi) is 6.20. The molecule has 0 saturated heterocycles. The summed E-state index contributed by atoms with van der Waals surface area (Å²) in [5, 5.41) is 10.5. The minimum Gasteiger partial charge on any atom is -0.271 e. The summed E-state index contributed by atoms with van der Waals surface area (Å²) < 4.78 is 0. The van der Waals surface area contributed by atoms with E-state index in [4.69, 9.17) is 23.2 Å². The molecule has 0 bridgehead atoms. The molecule has 6 heteroatoms. The number of hydrogen-bond acceptors (Lipinski definition) is 3. The van der Waals surface area contributed by atoms with E-state index in [1.165, 1.54) is 7.05 Å². The van der Waals surface area contributed by atoms with Gasteiger partial charge in [-0.25, -0.2) is 0 Å². The van der Waals surface area contributed by atoms with E-state index in [0.717, 1.165) is 5.57 Å². The topological polar surface area (TPSA) is 55.5 Å². The van der Waals surface area contributed by atoms with Gasteiger partial charge in [-0.3, -0.25) is 15.1 Å². The van der Waals surface area contributed by atoms with Crippen LogP contribution in [0.3, 0.4) is 0 Å². The lowest BCUT2D eigenvalue weighted by molar-refractivity contribution is -0.415. The molecule has 0 spiro atoms. The summed E-state index contributed by atoms with van der Waals surface area (Å²) >= 11 is 11.4. The molecular weight excluding hydrogens is 239 g/mol. The van der Waals surface area contributed by atoms with E-state index in [2.05, 4.69) is 11.6 Å². The number of allylic oxidation sites excluding steroid dienone is 3. The summed E-state index contributed by atoms with van der Waals surface area (Å²) in [5.41, 5.74) is 0.454. The molecule has 0 N–H and O–H groups in total. The van der Waals surface area contributed by atoms with E-state index in [0.29, 0.717) is 6.42 Å². The van der Waals surface area contributed by atoms with Crippen LogP contribution >= 0.6 is 23.2 Å². The molecule has 4 nitrogen and oxygen atoms in total. The van der Waals surface area contributed by atoms with Gasteiger partial charge in [-0.1, -0.05) is 42.3 Å². The lowest BCUT2D eigenvalue weighted by Gasteiger charge is -2.02. The summed E-state index contributed by atoms with van der Waals surface area (Å²) in [4.78, 5) is 13.6. The number of nitro groups is 1. The monoisotopic (exact) mass is 250 g/mol. The van der Waals surface area contributed by atoms with Gasteiger partial charge in [0.1, 0.15) is 5.03 Å². The predicted molar refractivity (Wildman–Crippen MR) is 63.1 cm³/mol. The molecule has 0 aliphatic carbocycles. The van der Waals surface area contributed by atoms with E-state index in [9.17, 15) is 10.1 Å². The van der Waals surface area contributed by atoms with E-state index in [-0.39, 0.29) is 22.3 Å². The molecule has 0 atom stereocenters. The molecule has 0 aliphatic heterocycles. The van der Waals surface area contributed by atoms with Crippen molar-refractivity contribution in [2.75, 3.05) is 7.05 Å². The van der Waals surface area contributed by atoms with E-state index >= 15 is 0 Å². The zero-order valence-corrected chi connectivity index (χ0v) is 10.1. The zero-order valence-electron chi connectivity index (χ0n) is 8.59. The van der Waals surface area contributed by atoms with Crippen molar-refractivity contribution in [3.05, 3.63) is 33.0 Å². The average molecular weight is 251 g/mol. The Morgan fingerprint density at radius 1 is 1.53 bits per heavy atom. The van der Waals surface area contributed by atoms with E-state index in [1.807, 2.05) is 6.92 Å². The number of aliphatic imine (C=N–C) groups is 1. The Hall–Kier alpha value is -0.870. The van der Waals surface area contributed by atoms with Crippen molar-refractivity contribution in [2.24, 2.45) is 4.99 Å². The van der Waals surface area contributed by atoms with E-state index in [1.54, 1.807) is 0 Å². The van der Waals surface area contributed by atoms with Gasteiger partial charge in [0.25, 0.3) is 0 Å². The Bertz CT molecular complexity index is 335. The fraction of sp³-hybridized carbons (Fsp3) is 0.444. The number of rotatable bonds is 5. The quantitative estimate of drug-likeness (QED) is 0.325. The van der Waals surface area contributed by atoms with Crippen LogP contribution in [0.2, 0.25) is 0 Å². The minimum absolute atomic E-state index is 0.0578. The summed E-state index contributed by atoms with van der Waals surface area (Å²) in [7, 11) is 1.37. The van der Waals surface area contributed by atoms with Crippen molar-refractivity contribution in [3.63, 3.8) is 0 Å². The second-order valence-corrected chi connectivity index (χ2v) is 3.62. The Morgan fingerprint density at radius 3 is 2.40 bits per heavy atom. The third kappa shape index (κ3) is 4.44. The second-order valence-electron chi connectivity index (χ2n) is 2.81. The van der Waals surface area contributed by atoms with Crippen molar-refractivity contribution < 1.29 is 4.92 Å². The SMILES string of the molecule is C=C(CC)C/C(Cl)=C(\C(Cl)=NC)[N+](=O)[O-]. The third-order valence-corrected chi connectivity index (χ3v) is 2.40. The highest BCUT2D eigenvalue weighted by Gasteiger charge is 2.22. The Balaban J connectivity index is 5.11. The van der Waals surface area contributed by atoms with Gasteiger partial charge in [-0.15, -0.1) is 0 Å². The molecule has 0 amide bonds. The summed E-state index contributed by atoms with van der Waals surface area (Å²) in [6.45, 7) is 5.61. The van der Waals surface area contributed by atoms with Crippen LogP contribution < -0.4 is 0 Å². The standard InChI is InChI=1S/C9H12Cl2N2O2/c1-4-6(2)5-7(10)8(13(14)15)9(11)12-3/h2,4-5H2,1,3H3/b8-7-,12-9?. The minimum atomic E-state index is -0.638. The maximum Gasteiger partial charge on any atom is 0.320 e. The molecule has 0 aromatic rings. The highest BCUT2D eigenvalue weighted by atomic mass is 35.5. The normalized spacial score (nSPS) is 13.5. The molecular formula is C9H12Cl2N2O2. The van der Waals surface area contributed by atoms with Gasteiger partial charge in [0.15, 0.2) is 0 Å². The summed E-state index contributed by atoms with van der Waals surface area (Å²) in [6, 6.07) is 0. The number of hydrogen-bond donors (Lipinski definition) is 0. The molecule has 0 rings (SSSR count). The van der Waals surface area contributed by atoms with Gasteiger partial charge >= 0.3 is 5.70 Å². The molecule has 84 valence electrons. The van der Waals surface area contributed by atoms with Crippen LogP contribution in [0.4, 0.5) is 0 Å². The average Bonchev–Trinajstić information content (AvgIpc) is 2.16. The first kappa shape index (κ1) is 14.1. The van der Waals surface area contributed by atoms with Gasteiger partial charge in [0, 0.05) is 13.5 Å². The lowest BCUT2D eigenvalue weighted by Crippen LogP contribution is -2.08. The fourth-order valence-corrected chi connectivity index (χ4v) is 1.40. The molecule has 15 heavy (non-hydrogen) atoms. The van der Waals surface area contributed by atoms with Gasteiger partial charge in [0.2, 0.25) is 5.17 Å². The van der Waals surface area contributed by atoms with Crippen LogP contribution in [-0.4, -0.2) is 17.1 Å². The number of halogens is 2. The van der Waals surface area contributed by atoms with E-state index < -0.39 is 4.92 Å². The van der Waals surface area contributed by atoms with Crippen molar-refractivity contribution >= 4 is 28.4 Å². The van der Waals surface area contributed by atoms with Gasteiger partial charge in [0.05, 0.1) is 4.92 Å². The van der Waals surface area contributed by atoms with Crippen LogP contribution in [0.25, 0.3) is 0 Å². The largest absolute Gasteiger partial charge is 0.320 e. The molecule has 0 aromatic carbocycles. The molecule has 0 radical (unpaired) electrons. The zero-order chi connectivity index (χ0) is 12.0.